The number of aryl methyl sites for hydroxylation is 1. The molecule has 124 valence electrons. The second kappa shape index (κ2) is 9.42. The number of ether oxygens (including phenoxy) is 1. The van der Waals surface area contributed by atoms with Gasteiger partial charge in [-0.2, -0.15) is 0 Å². The van der Waals surface area contributed by atoms with E-state index in [1.165, 1.54) is 0 Å². The number of nitrogens with one attached hydrogen (secondary N) is 1. The Kier molecular flexibility index (Phi) is 6.91. The molecule has 1 N–H and O–H groups in total. The third-order valence-corrected chi connectivity index (χ3v) is 3.80. The molecule has 0 saturated carbocycles. The van der Waals surface area contributed by atoms with Gasteiger partial charge in [-0.05, 0) is 30.5 Å². The van der Waals surface area contributed by atoms with Crippen LogP contribution in [0.1, 0.15) is 30.4 Å². The van der Waals surface area contributed by atoms with Crippen LogP contribution in [0.25, 0.3) is 0 Å². The largest absolute Gasteiger partial charge is 0.481 e. The summed E-state index contributed by atoms with van der Waals surface area (Å²) in [4.78, 5) is 12.3. The number of hydrogen-bond acceptors (Lipinski definition) is 2. The first-order valence-electron chi connectivity index (χ1n) is 8.19. The highest BCUT2D eigenvalue weighted by molar-refractivity contribution is 5.83. The predicted octanol–water partition coefficient (Wildman–Crippen LogP) is 3.69. The summed E-state index contributed by atoms with van der Waals surface area (Å²) in [6.07, 6.45) is 0.764. The standard InChI is InChI=1S/C21H23NO2/c1-3-19(18-12-5-4-6-13-18)21(23)22-15-9-10-16-24-20-14-8-7-11-17(20)2/h4-8,11-14,19H,3,15-16H2,1-2H3,(H,22,23). The molecule has 3 heteroatoms. The van der Waals surface area contributed by atoms with Crippen LogP contribution in [0.4, 0.5) is 0 Å². The molecule has 2 rings (SSSR count). The van der Waals surface area contributed by atoms with Crippen molar-refractivity contribution in [1.82, 2.24) is 5.32 Å². The normalized spacial score (nSPS) is 11.1. The first-order chi connectivity index (χ1) is 11.7. The zero-order valence-corrected chi connectivity index (χ0v) is 14.2. The van der Waals surface area contributed by atoms with Crippen LogP contribution in [0.15, 0.2) is 54.6 Å². The lowest BCUT2D eigenvalue weighted by Gasteiger charge is -2.14. The van der Waals surface area contributed by atoms with Gasteiger partial charge in [-0.25, -0.2) is 0 Å². The van der Waals surface area contributed by atoms with Crippen molar-refractivity contribution in [1.29, 1.82) is 0 Å². The molecule has 0 saturated heterocycles. The molecule has 0 radical (unpaired) electrons. The molecule has 0 aliphatic rings. The van der Waals surface area contributed by atoms with Gasteiger partial charge in [0.15, 0.2) is 0 Å². The minimum atomic E-state index is -0.129. The van der Waals surface area contributed by atoms with Crippen LogP contribution in [0.3, 0.4) is 0 Å². The quantitative estimate of drug-likeness (QED) is 0.824. The number of benzene rings is 2. The van der Waals surface area contributed by atoms with Crippen molar-refractivity contribution in [2.24, 2.45) is 0 Å². The Morgan fingerprint density at radius 2 is 1.79 bits per heavy atom. The molecule has 3 nitrogen and oxygen atoms in total. The van der Waals surface area contributed by atoms with Gasteiger partial charge in [-0.1, -0.05) is 67.3 Å². The molecule has 0 aliphatic carbocycles. The Hall–Kier alpha value is -2.73. The minimum absolute atomic E-state index is 0.0119. The zero-order valence-electron chi connectivity index (χ0n) is 14.2. The Morgan fingerprint density at radius 1 is 1.08 bits per heavy atom. The van der Waals surface area contributed by atoms with E-state index in [2.05, 4.69) is 17.2 Å². The highest BCUT2D eigenvalue weighted by atomic mass is 16.5. The van der Waals surface area contributed by atoms with E-state index in [-0.39, 0.29) is 11.8 Å². The number of carbonyl (C=O) groups excluding carboxylic acids is 1. The van der Waals surface area contributed by atoms with E-state index >= 15 is 0 Å². The van der Waals surface area contributed by atoms with Crippen molar-refractivity contribution in [3.63, 3.8) is 0 Å². The van der Waals surface area contributed by atoms with Gasteiger partial charge < -0.3 is 10.1 Å². The zero-order chi connectivity index (χ0) is 17.2. The molecule has 0 spiro atoms. The van der Waals surface area contributed by atoms with E-state index in [0.29, 0.717) is 13.2 Å². The second-order valence-electron chi connectivity index (χ2n) is 5.50. The average molecular weight is 321 g/mol. The fourth-order valence-electron chi connectivity index (χ4n) is 2.46. The van der Waals surface area contributed by atoms with Crippen molar-refractivity contribution >= 4 is 5.91 Å². The molecule has 2 aromatic rings. The van der Waals surface area contributed by atoms with Crippen molar-refractivity contribution in [2.75, 3.05) is 13.2 Å². The van der Waals surface area contributed by atoms with E-state index in [9.17, 15) is 4.79 Å². The van der Waals surface area contributed by atoms with E-state index in [1.54, 1.807) is 0 Å². The van der Waals surface area contributed by atoms with Gasteiger partial charge in [0.2, 0.25) is 5.91 Å². The molecule has 1 atom stereocenters. The Morgan fingerprint density at radius 3 is 2.50 bits per heavy atom. The van der Waals surface area contributed by atoms with Crippen molar-refractivity contribution in [2.45, 2.75) is 26.2 Å². The summed E-state index contributed by atoms with van der Waals surface area (Å²) in [5.74, 6) is 6.58. The van der Waals surface area contributed by atoms with Gasteiger partial charge in [0.1, 0.15) is 12.4 Å². The molecular weight excluding hydrogens is 298 g/mol. The third-order valence-electron chi connectivity index (χ3n) is 3.80. The molecule has 0 fully saturated rings. The van der Waals surface area contributed by atoms with Crippen LogP contribution in [0.2, 0.25) is 0 Å². The van der Waals surface area contributed by atoms with Crippen molar-refractivity contribution in [3.05, 3.63) is 65.7 Å². The van der Waals surface area contributed by atoms with Crippen molar-refractivity contribution in [3.8, 4) is 17.6 Å². The maximum Gasteiger partial charge on any atom is 0.228 e. The lowest BCUT2D eigenvalue weighted by molar-refractivity contribution is -0.122. The smallest absolute Gasteiger partial charge is 0.228 e. The van der Waals surface area contributed by atoms with Gasteiger partial charge in [0, 0.05) is 0 Å². The Balaban J connectivity index is 1.77. The Bertz CT molecular complexity index is 713. The molecule has 2 aromatic carbocycles. The summed E-state index contributed by atoms with van der Waals surface area (Å²) >= 11 is 0. The van der Waals surface area contributed by atoms with E-state index in [1.807, 2.05) is 68.4 Å². The van der Waals surface area contributed by atoms with E-state index < -0.39 is 0 Å². The summed E-state index contributed by atoms with van der Waals surface area (Å²) in [6.45, 7) is 4.66. The van der Waals surface area contributed by atoms with Crippen LogP contribution in [-0.2, 0) is 4.79 Å². The Labute approximate surface area is 144 Å². The van der Waals surface area contributed by atoms with Crippen LogP contribution in [0.5, 0.6) is 5.75 Å². The number of hydrogen-bond donors (Lipinski definition) is 1. The summed E-state index contributed by atoms with van der Waals surface area (Å²) < 4.78 is 5.60. The maximum atomic E-state index is 12.3. The maximum absolute atomic E-state index is 12.3. The summed E-state index contributed by atoms with van der Waals surface area (Å²) in [5, 5.41) is 2.87. The van der Waals surface area contributed by atoms with Gasteiger partial charge in [0.05, 0.1) is 12.5 Å². The van der Waals surface area contributed by atoms with Crippen LogP contribution >= 0.6 is 0 Å². The predicted molar refractivity (Wildman–Crippen MR) is 96.9 cm³/mol. The molecule has 0 aliphatic heterocycles. The second-order valence-corrected chi connectivity index (χ2v) is 5.50. The van der Waals surface area contributed by atoms with Crippen molar-refractivity contribution < 1.29 is 9.53 Å². The molecular formula is C21H23NO2. The van der Waals surface area contributed by atoms with Gasteiger partial charge >= 0.3 is 0 Å². The van der Waals surface area contributed by atoms with Gasteiger partial charge in [-0.3, -0.25) is 4.79 Å². The van der Waals surface area contributed by atoms with Gasteiger partial charge in [-0.15, -0.1) is 0 Å². The average Bonchev–Trinajstić information content (AvgIpc) is 2.61. The molecule has 0 aromatic heterocycles. The summed E-state index contributed by atoms with van der Waals surface area (Å²) in [5.41, 5.74) is 2.12. The molecule has 0 bridgehead atoms. The monoisotopic (exact) mass is 321 g/mol. The fraction of sp³-hybridized carbons (Fsp3) is 0.286. The number of carbonyl (C=O) groups is 1. The van der Waals surface area contributed by atoms with Crippen LogP contribution in [0, 0.1) is 18.8 Å². The third kappa shape index (κ3) is 5.17. The van der Waals surface area contributed by atoms with E-state index in [4.69, 9.17) is 4.74 Å². The molecule has 1 unspecified atom stereocenters. The topological polar surface area (TPSA) is 38.3 Å². The van der Waals surface area contributed by atoms with Crippen LogP contribution < -0.4 is 10.1 Å². The number of para-hydroxylation sites is 1. The fourth-order valence-corrected chi connectivity index (χ4v) is 2.46. The first kappa shape index (κ1) is 17.6. The summed E-state index contributed by atoms with van der Waals surface area (Å²) in [6, 6.07) is 17.6. The van der Waals surface area contributed by atoms with Crippen LogP contribution in [-0.4, -0.2) is 19.1 Å². The highest BCUT2D eigenvalue weighted by Gasteiger charge is 2.17. The molecule has 24 heavy (non-hydrogen) atoms. The number of rotatable bonds is 6. The minimum Gasteiger partial charge on any atom is -0.481 e. The SMILES string of the molecule is CCC(C(=O)NCC#CCOc1ccccc1C)c1ccccc1. The highest BCUT2D eigenvalue weighted by Crippen LogP contribution is 2.19. The number of amides is 1. The lowest BCUT2D eigenvalue weighted by Crippen LogP contribution is -2.29. The first-order valence-corrected chi connectivity index (χ1v) is 8.19. The molecule has 0 heterocycles. The molecule has 1 amide bonds. The lowest BCUT2D eigenvalue weighted by atomic mass is 9.96. The summed E-state index contributed by atoms with van der Waals surface area (Å²) in [7, 11) is 0. The van der Waals surface area contributed by atoms with Gasteiger partial charge in [0.25, 0.3) is 0 Å². The van der Waals surface area contributed by atoms with E-state index in [0.717, 1.165) is 23.3 Å².